The van der Waals surface area contributed by atoms with E-state index in [4.69, 9.17) is 21.3 Å². The smallest absolute Gasteiger partial charge is 0.258 e. The van der Waals surface area contributed by atoms with Gasteiger partial charge in [-0.05, 0) is 55.0 Å². The molecule has 0 spiro atoms. The summed E-state index contributed by atoms with van der Waals surface area (Å²) < 4.78 is 5.28. The summed E-state index contributed by atoms with van der Waals surface area (Å²) in [5, 5.41) is 6.89. The van der Waals surface area contributed by atoms with E-state index < -0.39 is 0 Å². The van der Waals surface area contributed by atoms with Crippen molar-refractivity contribution in [1.29, 1.82) is 0 Å². The van der Waals surface area contributed by atoms with Crippen LogP contribution in [0.4, 0.5) is 5.13 Å². The van der Waals surface area contributed by atoms with Crippen LogP contribution in [0.1, 0.15) is 15.9 Å². The lowest BCUT2D eigenvalue weighted by atomic mass is 9.97. The minimum Gasteiger partial charge on any atom is -0.497 e. The average molecular weight is 486 g/mol. The molecule has 2 aromatic heterocycles. The Kier molecular flexibility index (Phi) is 6.01. The van der Waals surface area contributed by atoms with Gasteiger partial charge in [0, 0.05) is 26.9 Å². The zero-order valence-electron chi connectivity index (χ0n) is 18.5. The molecule has 7 heteroatoms. The number of hydrogen-bond donors (Lipinski definition) is 1. The van der Waals surface area contributed by atoms with Crippen LogP contribution in [-0.4, -0.2) is 23.0 Å². The number of carbonyl (C=O) groups excluding carboxylic acids is 1. The van der Waals surface area contributed by atoms with Crippen LogP contribution in [0, 0.1) is 6.92 Å². The number of amides is 1. The molecule has 0 radical (unpaired) electrons. The molecule has 5 rings (SSSR count). The van der Waals surface area contributed by atoms with Crippen molar-refractivity contribution in [2.75, 3.05) is 12.4 Å². The van der Waals surface area contributed by atoms with Crippen LogP contribution >= 0.6 is 22.9 Å². The number of methoxy groups -OCH3 is 1. The maximum absolute atomic E-state index is 13.5. The zero-order chi connectivity index (χ0) is 23.7. The molecule has 2 heterocycles. The number of benzene rings is 3. The number of aromatic nitrogens is 2. The van der Waals surface area contributed by atoms with E-state index in [1.807, 2.05) is 85.1 Å². The summed E-state index contributed by atoms with van der Waals surface area (Å²) in [5.41, 5.74) is 5.53. The highest BCUT2D eigenvalue weighted by Gasteiger charge is 2.20. The summed E-state index contributed by atoms with van der Waals surface area (Å²) in [6.07, 6.45) is 0. The van der Waals surface area contributed by atoms with Crippen molar-refractivity contribution in [3.8, 4) is 28.3 Å². The third-order valence-corrected chi connectivity index (χ3v) is 6.60. The number of ether oxygens (including phenoxy) is 1. The van der Waals surface area contributed by atoms with E-state index in [1.165, 1.54) is 11.3 Å². The first-order valence-electron chi connectivity index (χ1n) is 10.6. The molecule has 0 aliphatic heterocycles. The fraction of sp³-hybridized carbons (Fsp3) is 0.0741. The van der Waals surface area contributed by atoms with Gasteiger partial charge >= 0.3 is 0 Å². The van der Waals surface area contributed by atoms with E-state index in [2.05, 4.69) is 10.3 Å². The third kappa shape index (κ3) is 4.25. The number of nitrogens with one attached hydrogen (secondary N) is 1. The third-order valence-electron chi connectivity index (χ3n) is 5.59. The highest BCUT2D eigenvalue weighted by atomic mass is 35.5. The summed E-state index contributed by atoms with van der Waals surface area (Å²) >= 11 is 7.37. The monoisotopic (exact) mass is 485 g/mol. The second kappa shape index (κ2) is 9.25. The Hall–Kier alpha value is -3.74. The average Bonchev–Trinajstić information content (AvgIpc) is 3.32. The Balaban J connectivity index is 1.53. The number of thiazole rings is 1. The highest BCUT2D eigenvalue weighted by Crippen LogP contribution is 2.32. The molecule has 1 amide bonds. The maximum atomic E-state index is 13.5. The summed E-state index contributed by atoms with van der Waals surface area (Å²) in [5.74, 6) is 0.545. The van der Waals surface area contributed by atoms with Crippen molar-refractivity contribution in [1.82, 2.24) is 9.97 Å². The maximum Gasteiger partial charge on any atom is 0.258 e. The SMILES string of the molecule is COc1ccc(-c2nc3ccccc3c(C(=O)Nc3nc(-c4ccc(Cl)cc4)cs3)c2C)cc1. The van der Waals surface area contributed by atoms with Crippen LogP contribution in [0.5, 0.6) is 5.75 Å². The standard InChI is InChI=1S/C27H20ClN3O2S/c1-16-24(26(32)31-27-30-23(15-34-27)17-7-11-19(28)12-8-17)21-5-3-4-6-22(21)29-25(16)18-9-13-20(33-2)14-10-18/h3-15H,1-2H3,(H,30,31,32). The Morgan fingerprint density at radius 2 is 1.65 bits per heavy atom. The summed E-state index contributed by atoms with van der Waals surface area (Å²) in [4.78, 5) is 23.0. The van der Waals surface area contributed by atoms with Crippen molar-refractivity contribution in [2.24, 2.45) is 0 Å². The van der Waals surface area contributed by atoms with Crippen molar-refractivity contribution in [3.05, 3.63) is 94.3 Å². The van der Waals surface area contributed by atoms with Gasteiger partial charge in [-0.1, -0.05) is 41.9 Å². The van der Waals surface area contributed by atoms with Gasteiger partial charge in [0.05, 0.1) is 29.6 Å². The fourth-order valence-corrected chi connectivity index (χ4v) is 4.71. The Morgan fingerprint density at radius 1 is 0.941 bits per heavy atom. The van der Waals surface area contributed by atoms with Gasteiger partial charge in [-0.15, -0.1) is 11.3 Å². The molecule has 5 aromatic rings. The number of fused-ring (bicyclic) bond motifs is 1. The number of rotatable bonds is 5. The van der Waals surface area contributed by atoms with E-state index >= 15 is 0 Å². The molecule has 0 saturated carbocycles. The molecule has 0 atom stereocenters. The highest BCUT2D eigenvalue weighted by molar-refractivity contribution is 7.14. The van der Waals surface area contributed by atoms with Gasteiger partial charge in [0.2, 0.25) is 0 Å². The molecule has 0 unspecified atom stereocenters. The summed E-state index contributed by atoms with van der Waals surface area (Å²) in [6.45, 7) is 1.93. The number of carbonyl (C=O) groups is 1. The van der Waals surface area contributed by atoms with Crippen molar-refractivity contribution in [2.45, 2.75) is 6.92 Å². The molecule has 0 aliphatic rings. The van der Waals surface area contributed by atoms with Crippen LogP contribution in [-0.2, 0) is 0 Å². The van der Waals surface area contributed by atoms with Crippen molar-refractivity contribution >= 4 is 44.9 Å². The molecule has 3 aromatic carbocycles. The van der Waals surface area contributed by atoms with E-state index in [9.17, 15) is 4.79 Å². The second-order valence-electron chi connectivity index (χ2n) is 7.70. The summed E-state index contributed by atoms with van der Waals surface area (Å²) in [7, 11) is 1.63. The number of nitrogens with zero attached hydrogens (tertiary/aromatic N) is 2. The van der Waals surface area contributed by atoms with Gasteiger partial charge in [-0.3, -0.25) is 10.1 Å². The quantitative estimate of drug-likeness (QED) is 0.285. The molecule has 168 valence electrons. The van der Waals surface area contributed by atoms with Gasteiger partial charge in [0.1, 0.15) is 5.75 Å². The normalized spacial score (nSPS) is 10.9. The van der Waals surface area contributed by atoms with E-state index in [-0.39, 0.29) is 5.91 Å². The Bertz CT molecular complexity index is 1500. The number of anilines is 1. The van der Waals surface area contributed by atoms with Crippen LogP contribution in [0.2, 0.25) is 5.02 Å². The molecule has 1 N–H and O–H groups in total. The molecule has 5 nitrogen and oxygen atoms in total. The van der Waals surface area contributed by atoms with Crippen LogP contribution < -0.4 is 10.1 Å². The number of pyridine rings is 1. The predicted molar refractivity (Wildman–Crippen MR) is 139 cm³/mol. The van der Waals surface area contributed by atoms with Crippen LogP contribution in [0.3, 0.4) is 0 Å². The number of hydrogen-bond acceptors (Lipinski definition) is 5. The lowest BCUT2D eigenvalue weighted by Crippen LogP contribution is -2.15. The molecular formula is C27H20ClN3O2S. The van der Waals surface area contributed by atoms with Crippen molar-refractivity contribution in [3.63, 3.8) is 0 Å². The van der Waals surface area contributed by atoms with Crippen LogP contribution in [0.25, 0.3) is 33.4 Å². The van der Waals surface area contributed by atoms with Gasteiger partial charge in [-0.25, -0.2) is 9.97 Å². The van der Waals surface area contributed by atoms with Crippen LogP contribution in [0.15, 0.2) is 78.2 Å². The number of para-hydroxylation sites is 1. The van der Waals surface area contributed by atoms with E-state index in [0.29, 0.717) is 15.7 Å². The molecule has 0 saturated heterocycles. The molecule has 0 aliphatic carbocycles. The van der Waals surface area contributed by atoms with Crippen molar-refractivity contribution < 1.29 is 9.53 Å². The summed E-state index contributed by atoms with van der Waals surface area (Å²) in [6, 6.07) is 22.8. The van der Waals surface area contributed by atoms with E-state index in [1.54, 1.807) is 7.11 Å². The zero-order valence-corrected chi connectivity index (χ0v) is 20.1. The second-order valence-corrected chi connectivity index (χ2v) is 9.00. The predicted octanol–water partition coefficient (Wildman–Crippen LogP) is 7.25. The molecular weight excluding hydrogens is 466 g/mol. The first-order chi connectivity index (χ1) is 16.5. The topological polar surface area (TPSA) is 64.1 Å². The first kappa shape index (κ1) is 22.1. The van der Waals surface area contributed by atoms with Gasteiger partial charge in [0.25, 0.3) is 5.91 Å². The van der Waals surface area contributed by atoms with Gasteiger partial charge in [-0.2, -0.15) is 0 Å². The Labute approximate surface area is 206 Å². The molecule has 34 heavy (non-hydrogen) atoms. The lowest BCUT2D eigenvalue weighted by Gasteiger charge is -2.14. The van der Waals surface area contributed by atoms with Gasteiger partial charge < -0.3 is 4.74 Å². The lowest BCUT2D eigenvalue weighted by molar-refractivity contribution is 0.102. The van der Waals surface area contributed by atoms with E-state index in [0.717, 1.165) is 44.7 Å². The minimum absolute atomic E-state index is 0.220. The fourth-order valence-electron chi connectivity index (χ4n) is 3.87. The Morgan fingerprint density at radius 3 is 2.38 bits per heavy atom. The largest absolute Gasteiger partial charge is 0.497 e. The molecule has 0 fully saturated rings. The molecule has 0 bridgehead atoms. The minimum atomic E-state index is -0.220. The van der Waals surface area contributed by atoms with Gasteiger partial charge in [0.15, 0.2) is 5.13 Å². The first-order valence-corrected chi connectivity index (χ1v) is 11.9. The number of halogens is 1.